The van der Waals surface area contributed by atoms with Gasteiger partial charge in [-0.05, 0) is 52.5 Å². The van der Waals surface area contributed by atoms with E-state index in [2.05, 4.69) is 196 Å². The van der Waals surface area contributed by atoms with Crippen molar-refractivity contribution in [1.82, 2.24) is 0 Å². The molecule has 0 radical (unpaired) electrons. The van der Waals surface area contributed by atoms with Gasteiger partial charge < -0.3 is 0 Å². The Kier molecular flexibility index (Phi) is 11.8. The van der Waals surface area contributed by atoms with Crippen LogP contribution in [0.2, 0.25) is 150 Å². The van der Waals surface area contributed by atoms with Crippen LogP contribution in [0.15, 0.2) is 68.8 Å². The molecular weight excluding hydrogens is 737 g/mol. The average Bonchev–Trinajstić information content (AvgIpc) is 2.84. The largest absolute Gasteiger partial charge is 0.178 e. The van der Waals surface area contributed by atoms with Crippen LogP contribution in [0.5, 0.6) is 0 Å². The van der Waals surface area contributed by atoms with E-state index in [-0.39, 0.29) is 15.1 Å². The van der Waals surface area contributed by atoms with Gasteiger partial charge in [-0.2, -0.15) is 11.1 Å². The van der Waals surface area contributed by atoms with Crippen molar-refractivity contribution < 1.29 is 0 Å². The van der Waals surface area contributed by atoms with Gasteiger partial charge in [-0.3, -0.25) is 0 Å². The molecule has 3 aliphatic rings. The zero-order valence-electron chi connectivity index (χ0n) is 37.6. The molecule has 0 aromatic heterocycles. The van der Waals surface area contributed by atoms with Gasteiger partial charge in [0.05, 0.1) is 48.4 Å². The lowest BCUT2D eigenvalue weighted by Gasteiger charge is -2.64. The highest BCUT2D eigenvalue weighted by molar-refractivity contribution is 7.25. The van der Waals surface area contributed by atoms with E-state index in [1.165, 1.54) is 0 Å². The number of rotatable bonds is 9. The van der Waals surface area contributed by atoms with Gasteiger partial charge in [-0.15, -0.1) is 0 Å². The maximum atomic E-state index is 9.57. The standard InChI is InChI=1S/C42H81ClSi7/c1-31-28-40(4,47(16,17)18)37(25-34(31)44(7,8)9)50(43,38-26-35(45(10,11)12)32(2)29-41(38,5)48(19,20)21)39-27-36(46(13,14)15)33(3)30-42(39,6)49(22,23)24/h25-30,37-39H,1-24H3. The highest BCUT2D eigenvalue weighted by atomic mass is 35.6. The summed E-state index contributed by atoms with van der Waals surface area (Å²) in [6.07, 6.45) is 17.2. The maximum Gasteiger partial charge on any atom is 0.178 e. The predicted molar refractivity (Wildman–Crippen MR) is 254 cm³/mol. The molecule has 8 heteroatoms. The van der Waals surface area contributed by atoms with Crippen LogP contribution >= 0.6 is 11.1 Å². The third kappa shape index (κ3) is 7.45. The topological polar surface area (TPSA) is 0 Å². The summed E-state index contributed by atoms with van der Waals surface area (Å²) in [7, 11) is -13.4. The molecule has 0 bridgehead atoms. The van der Waals surface area contributed by atoms with E-state index in [1.54, 1.807) is 32.3 Å². The number of hydrogen-bond acceptors (Lipinski definition) is 0. The molecule has 0 amide bonds. The molecule has 0 nitrogen and oxygen atoms in total. The Morgan fingerprint density at radius 1 is 0.400 bits per heavy atom. The van der Waals surface area contributed by atoms with Crippen molar-refractivity contribution in [3.05, 3.63) is 68.8 Å². The Balaban J connectivity index is 2.81. The molecule has 6 atom stereocenters. The smallest absolute Gasteiger partial charge is 0.165 e. The van der Waals surface area contributed by atoms with Gasteiger partial charge in [0.25, 0.3) is 0 Å². The van der Waals surface area contributed by atoms with Crippen LogP contribution in [0.25, 0.3) is 0 Å². The second-order valence-electron chi connectivity index (χ2n) is 23.8. The number of hydrogen-bond donors (Lipinski definition) is 0. The molecule has 0 heterocycles. The molecule has 0 aliphatic heterocycles. The van der Waals surface area contributed by atoms with E-state index < -0.39 is 55.8 Å². The van der Waals surface area contributed by atoms with Gasteiger partial charge in [-0.1, -0.05) is 207 Å². The second kappa shape index (κ2) is 13.2. The summed E-state index contributed by atoms with van der Waals surface area (Å²) in [6, 6.07) is 0. The van der Waals surface area contributed by atoms with Crippen LogP contribution in [-0.2, 0) is 0 Å². The highest BCUT2D eigenvalue weighted by Crippen LogP contribution is 2.75. The van der Waals surface area contributed by atoms with E-state index in [1.807, 2.05) is 0 Å². The first kappa shape index (κ1) is 44.6. The maximum absolute atomic E-state index is 9.57. The summed E-state index contributed by atoms with van der Waals surface area (Å²) >= 11 is 9.57. The normalized spacial score (nSPS) is 33.4. The molecule has 0 N–H and O–H groups in total. The molecule has 0 fully saturated rings. The number of halogens is 1. The van der Waals surface area contributed by atoms with Crippen molar-refractivity contribution in [2.24, 2.45) is 0 Å². The summed E-state index contributed by atoms with van der Waals surface area (Å²) in [5, 5.41) is 5.20. The first-order chi connectivity index (χ1) is 21.8. The van der Waals surface area contributed by atoms with E-state index in [4.69, 9.17) is 0 Å². The second-order valence-corrected chi connectivity index (χ2v) is 61.2. The predicted octanol–water partition coefficient (Wildman–Crippen LogP) is 15.9. The minimum atomic E-state index is -2.95. The lowest BCUT2D eigenvalue weighted by molar-refractivity contribution is 0.603. The Hall–Kier alpha value is 0.248. The van der Waals surface area contributed by atoms with Crippen LogP contribution in [0.4, 0.5) is 0 Å². The summed E-state index contributed by atoms with van der Waals surface area (Å²) in [6.45, 7) is 62.5. The van der Waals surface area contributed by atoms with Crippen molar-refractivity contribution in [3.8, 4) is 0 Å². The Labute approximate surface area is 324 Å². The Morgan fingerprint density at radius 3 is 0.720 bits per heavy atom. The molecule has 3 aliphatic carbocycles. The molecule has 284 valence electrons. The van der Waals surface area contributed by atoms with Gasteiger partial charge in [0.15, 0.2) is 7.38 Å². The summed E-state index contributed by atoms with van der Waals surface area (Å²) in [5.74, 6) is 0. The zero-order chi connectivity index (χ0) is 39.4. The van der Waals surface area contributed by atoms with Crippen molar-refractivity contribution in [2.75, 3.05) is 0 Å². The van der Waals surface area contributed by atoms with Crippen LogP contribution < -0.4 is 0 Å². The first-order valence-electron chi connectivity index (χ1n) is 19.8. The molecule has 6 unspecified atom stereocenters. The molecule has 0 aromatic rings. The monoisotopic (exact) mass is 816 g/mol. The molecule has 3 rings (SSSR count). The van der Waals surface area contributed by atoms with Crippen LogP contribution in [0.1, 0.15) is 41.5 Å². The van der Waals surface area contributed by atoms with Crippen molar-refractivity contribution in [2.45, 2.75) is 191 Å². The van der Waals surface area contributed by atoms with Gasteiger partial charge in [0.1, 0.15) is 0 Å². The molecular formula is C42H81ClSi7. The molecule has 0 saturated heterocycles. The summed E-state index contributed by atoms with van der Waals surface area (Å²) in [4.78, 5) is 0. The molecule has 0 spiro atoms. The molecule has 0 aromatic carbocycles. The minimum absolute atomic E-state index is 0.0572. The van der Waals surface area contributed by atoms with Crippen LogP contribution in [0.3, 0.4) is 0 Å². The highest BCUT2D eigenvalue weighted by Gasteiger charge is 2.68. The van der Waals surface area contributed by atoms with E-state index >= 15 is 0 Å². The lowest BCUT2D eigenvalue weighted by atomic mass is 9.94. The lowest BCUT2D eigenvalue weighted by Crippen LogP contribution is -2.61. The minimum Gasteiger partial charge on any atom is -0.165 e. The van der Waals surface area contributed by atoms with Crippen LogP contribution in [0, 0.1) is 0 Å². The third-order valence-electron chi connectivity index (χ3n) is 14.5. The molecule has 0 saturated carbocycles. The Morgan fingerprint density at radius 2 is 0.580 bits per heavy atom. The summed E-state index contributed by atoms with van der Waals surface area (Å²) < 4.78 is 0. The zero-order valence-corrected chi connectivity index (χ0v) is 45.3. The third-order valence-corrected chi connectivity index (χ3v) is 40.2. The quantitative estimate of drug-likeness (QED) is 0.161. The van der Waals surface area contributed by atoms with Crippen molar-refractivity contribution >= 4 is 66.9 Å². The fraction of sp³-hybridized carbons (Fsp3) is 0.714. The Bertz CT molecular complexity index is 1370. The fourth-order valence-electron chi connectivity index (χ4n) is 10.2. The number of allylic oxidation sites excluding steroid dienone is 12. The van der Waals surface area contributed by atoms with Gasteiger partial charge in [0.2, 0.25) is 0 Å². The van der Waals surface area contributed by atoms with Crippen molar-refractivity contribution in [1.29, 1.82) is 0 Å². The van der Waals surface area contributed by atoms with Gasteiger partial charge >= 0.3 is 0 Å². The first-order valence-corrected chi connectivity index (χ1v) is 44.0. The van der Waals surface area contributed by atoms with E-state index in [0.717, 1.165) is 0 Å². The fourth-order valence-corrected chi connectivity index (χ4v) is 36.4. The molecule has 50 heavy (non-hydrogen) atoms. The van der Waals surface area contributed by atoms with Gasteiger partial charge in [0, 0.05) is 0 Å². The SMILES string of the molecule is CC1=CC(C)([Si](C)(C)C)C([Si](Cl)(C2C=C([Si](C)(C)C)C(C)=CC2(C)[Si](C)(C)C)C2C=C([Si](C)(C)C)C(C)=CC2(C)[Si](C)(C)C)C=C1[Si](C)(C)C. The average molecular weight is 818 g/mol. The van der Waals surface area contributed by atoms with Gasteiger partial charge in [-0.25, -0.2) is 0 Å². The summed E-state index contributed by atoms with van der Waals surface area (Å²) in [5.41, 5.74) is 5.71. The van der Waals surface area contributed by atoms with E-state index in [9.17, 15) is 11.1 Å². The van der Waals surface area contributed by atoms with E-state index in [0.29, 0.717) is 16.6 Å². The van der Waals surface area contributed by atoms with Crippen molar-refractivity contribution in [3.63, 3.8) is 0 Å². The van der Waals surface area contributed by atoms with Crippen LogP contribution in [-0.4, -0.2) is 55.8 Å².